The topological polar surface area (TPSA) is 38.0 Å². The summed E-state index contributed by atoms with van der Waals surface area (Å²) in [4.78, 5) is 0. The lowest BCUT2D eigenvalue weighted by Gasteiger charge is -2.41. The number of rotatable bonds is 2. The normalized spacial score (nSPS) is 29.1. The van der Waals surface area contributed by atoms with Gasteiger partial charge in [-0.05, 0) is 57.0 Å². The molecule has 2 rings (SSSR count). The zero-order chi connectivity index (χ0) is 8.60. The Morgan fingerprint density at radius 3 is 2.23 bits per heavy atom. The zero-order valence-corrected chi connectivity index (χ0v) is 9.20. The Morgan fingerprint density at radius 2 is 1.85 bits per heavy atom. The molecule has 0 radical (unpaired) electrons. The van der Waals surface area contributed by atoms with Crippen LogP contribution >= 0.6 is 12.4 Å². The highest BCUT2D eigenvalue weighted by Crippen LogP contribution is 2.52. The van der Waals surface area contributed by atoms with E-state index in [4.69, 9.17) is 5.73 Å². The molecule has 0 aromatic heterocycles. The molecule has 0 amide bonds. The van der Waals surface area contributed by atoms with E-state index < -0.39 is 0 Å². The van der Waals surface area contributed by atoms with Gasteiger partial charge in [-0.3, -0.25) is 0 Å². The minimum absolute atomic E-state index is 0. The van der Waals surface area contributed by atoms with Crippen LogP contribution in [0, 0.1) is 11.3 Å². The molecule has 1 saturated carbocycles. The second-order valence-electron chi connectivity index (χ2n) is 4.55. The third kappa shape index (κ3) is 2.00. The van der Waals surface area contributed by atoms with Gasteiger partial charge in [0.2, 0.25) is 0 Å². The van der Waals surface area contributed by atoms with E-state index in [9.17, 15) is 0 Å². The van der Waals surface area contributed by atoms with Gasteiger partial charge < -0.3 is 11.1 Å². The number of halogens is 1. The highest BCUT2D eigenvalue weighted by Gasteiger charge is 2.47. The molecule has 0 aromatic rings. The van der Waals surface area contributed by atoms with Crippen molar-refractivity contribution < 1.29 is 0 Å². The molecule has 2 aliphatic rings. The van der Waals surface area contributed by atoms with Crippen molar-refractivity contribution >= 4 is 12.4 Å². The Hall–Kier alpha value is 0.210. The van der Waals surface area contributed by atoms with Crippen molar-refractivity contribution in [3.05, 3.63) is 0 Å². The smallest absolute Gasteiger partial charge is 0.00706 e. The van der Waals surface area contributed by atoms with Crippen LogP contribution in [-0.2, 0) is 0 Å². The molecule has 0 bridgehead atoms. The lowest BCUT2D eigenvalue weighted by atomic mass is 9.70. The van der Waals surface area contributed by atoms with Crippen molar-refractivity contribution in [2.45, 2.75) is 38.6 Å². The third-order valence-corrected chi connectivity index (χ3v) is 3.83. The summed E-state index contributed by atoms with van der Waals surface area (Å²) in [7, 11) is 0. The van der Waals surface area contributed by atoms with E-state index in [1.54, 1.807) is 0 Å². The highest BCUT2D eigenvalue weighted by atomic mass is 35.5. The molecule has 1 unspecified atom stereocenters. The van der Waals surface area contributed by atoms with Crippen molar-refractivity contribution in [1.29, 1.82) is 0 Å². The Kier molecular flexibility index (Phi) is 3.61. The van der Waals surface area contributed by atoms with Crippen LogP contribution in [0.5, 0.6) is 0 Å². The first-order valence-corrected chi connectivity index (χ1v) is 5.22. The maximum absolute atomic E-state index is 6.12. The van der Waals surface area contributed by atoms with Gasteiger partial charge >= 0.3 is 0 Å². The van der Waals surface area contributed by atoms with Gasteiger partial charge in [0.15, 0.2) is 0 Å². The maximum Gasteiger partial charge on any atom is 0.00706 e. The van der Waals surface area contributed by atoms with Crippen molar-refractivity contribution in [2.75, 3.05) is 13.1 Å². The van der Waals surface area contributed by atoms with Gasteiger partial charge in [-0.2, -0.15) is 0 Å². The molecule has 1 heterocycles. The second kappa shape index (κ2) is 4.16. The van der Waals surface area contributed by atoms with Gasteiger partial charge in [-0.25, -0.2) is 0 Å². The van der Waals surface area contributed by atoms with E-state index >= 15 is 0 Å². The minimum atomic E-state index is 0. The zero-order valence-electron chi connectivity index (χ0n) is 8.38. The first-order valence-electron chi connectivity index (χ1n) is 5.22. The van der Waals surface area contributed by atoms with E-state index in [-0.39, 0.29) is 12.4 Å². The lowest BCUT2D eigenvalue weighted by Crippen LogP contribution is -2.48. The predicted octanol–water partition coefficient (Wildman–Crippen LogP) is 1.54. The molecule has 13 heavy (non-hydrogen) atoms. The van der Waals surface area contributed by atoms with Crippen molar-refractivity contribution in [2.24, 2.45) is 17.1 Å². The van der Waals surface area contributed by atoms with Gasteiger partial charge in [0.1, 0.15) is 0 Å². The van der Waals surface area contributed by atoms with E-state index in [2.05, 4.69) is 12.2 Å². The molecule has 1 aliphatic heterocycles. The fourth-order valence-corrected chi connectivity index (χ4v) is 2.79. The van der Waals surface area contributed by atoms with Crippen molar-refractivity contribution in [1.82, 2.24) is 5.32 Å². The molecule has 2 fully saturated rings. The van der Waals surface area contributed by atoms with Crippen LogP contribution in [0.4, 0.5) is 0 Å². The summed E-state index contributed by atoms with van der Waals surface area (Å²) in [6.07, 6.45) is 5.47. The highest BCUT2D eigenvalue weighted by molar-refractivity contribution is 5.85. The largest absolute Gasteiger partial charge is 0.327 e. The summed E-state index contributed by atoms with van der Waals surface area (Å²) in [6, 6.07) is 0.395. The monoisotopic (exact) mass is 204 g/mol. The minimum Gasteiger partial charge on any atom is -0.327 e. The lowest BCUT2D eigenvalue weighted by molar-refractivity contribution is 0.131. The summed E-state index contributed by atoms with van der Waals surface area (Å²) in [5.41, 5.74) is 6.62. The Balaban J connectivity index is 0.000000845. The second-order valence-corrected chi connectivity index (χ2v) is 4.55. The number of nitrogens with one attached hydrogen (secondary N) is 1. The number of piperidine rings is 1. The van der Waals surface area contributed by atoms with Crippen LogP contribution in [0.25, 0.3) is 0 Å². The van der Waals surface area contributed by atoms with Crippen LogP contribution in [0.15, 0.2) is 0 Å². The van der Waals surface area contributed by atoms with Gasteiger partial charge in [-0.1, -0.05) is 0 Å². The average molecular weight is 205 g/mol. The standard InChI is InChI=1S/C10H20N2.ClH/c1-8(11)10(9-2-3-9)4-6-12-7-5-10;/h8-9,12H,2-7,11H2,1H3;1H. The molecular formula is C10H21ClN2. The van der Waals surface area contributed by atoms with Crippen molar-refractivity contribution in [3.8, 4) is 0 Å². The quantitative estimate of drug-likeness (QED) is 0.716. The van der Waals surface area contributed by atoms with Crippen LogP contribution in [0.2, 0.25) is 0 Å². The number of nitrogens with two attached hydrogens (primary N) is 1. The summed E-state index contributed by atoms with van der Waals surface area (Å²) in [6.45, 7) is 4.56. The summed E-state index contributed by atoms with van der Waals surface area (Å²) < 4.78 is 0. The molecular weight excluding hydrogens is 184 g/mol. The van der Waals surface area contributed by atoms with E-state index in [1.807, 2.05) is 0 Å². The van der Waals surface area contributed by atoms with Gasteiger partial charge in [0.25, 0.3) is 0 Å². The Morgan fingerprint density at radius 1 is 1.31 bits per heavy atom. The van der Waals surface area contributed by atoms with Crippen LogP contribution in [0.3, 0.4) is 0 Å². The van der Waals surface area contributed by atoms with E-state index in [0.29, 0.717) is 11.5 Å². The fraction of sp³-hybridized carbons (Fsp3) is 1.00. The summed E-state index contributed by atoms with van der Waals surface area (Å²) in [5.74, 6) is 0.958. The maximum atomic E-state index is 6.12. The van der Waals surface area contributed by atoms with Crippen molar-refractivity contribution in [3.63, 3.8) is 0 Å². The van der Waals surface area contributed by atoms with Gasteiger partial charge in [0, 0.05) is 6.04 Å². The summed E-state index contributed by atoms with van der Waals surface area (Å²) >= 11 is 0. The third-order valence-electron chi connectivity index (χ3n) is 3.83. The SMILES string of the molecule is CC(N)C1(C2CC2)CCNCC1.Cl. The van der Waals surface area contributed by atoms with Crippen LogP contribution in [0.1, 0.15) is 32.6 Å². The summed E-state index contributed by atoms with van der Waals surface area (Å²) in [5, 5.41) is 3.42. The Bertz CT molecular complexity index is 156. The molecule has 1 atom stereocenters. The van der Waals surface area contributed by atoms with Crippen LogP contribution < -0.4 is 11.1 Å². The Labute approximate surface area is 87.1 Å². The van der Waals surface area contributed by atoms with E-state index in [1.165, 1.54) is 38.8 Å². The van der Waals surface area contributed by atoms with E-state index in [0.717, 1.165) is 5.92 Å². The molecule has 2 nitrogen and oxygen atoms in total. The average Bonchev–Trinajstić information content (AvgIpc) is 2.88. The molecule has 78 valence electrons. The van der Waals surface area contributed by atoms with Gasteiger partial charge in [-0.15, -0.1) is 12.4 Å². The first kappa shape index (κ1) is 11.3. The number of hydrogen-bond donors (Lipinski definition) is 2. The molecule has 1 saturated heterocycles. The molecule has 0 aromatic carbocycles. The van der Waals surface area contributed by atoms with Gasteiger partial charge in [0.05, 0.1) is 0 Å². The molecule has 1 aliphatic carbocycles. The molecule has 3 N–H and O–H groups in total. The molecule has 3 heteroatoms. The predicted molar refractivity (Wildman–Crippen MR) is 58.2 cm³/mol. The molecule has 0 spiro atoms. The first-order chi connectivity index (χ1) is 5.76. The van der Waals surface area contributed by atoms with Crippen LogP contribution in [-0.4, -0.2) is 19.1 Å². The fourth-order valence-electron chi connectivity index (χ4n) is 2.79. The number of hydrogen-bond acceptors (Lipinski definition) is 2.